The first-order valence-electron chi connectivity index (χ1n) is 9.52. The van der Waals surface area contributed by atoms with Gasteiger partial charge in [0.15, 0.2) is 0 Å². The fraction of sp³-hybridized carbons (Fsp3) is 0.333. The van der Waals surface area contributed by atoms with E-state index in [4.69, 9.17) is 0 Å². The first-order chi connectivity index (χ1) is 14.0. The van der Waals surface area contributed by atoms with Crippen molar-refractivity contribution in [2.75, 3.05) is 25.0 Å². The third-order valence-corrected chi connectivity index (χ3v) is 5.24. The summed E-state index contributed by atoms with van der Waals surface area (Å²) in [5.74, 6) is -0.332. The van der Waals surface area contributed by atoms with Gasteiger partial charge in [-0.25, -0.2) is 4.98 Å². The number of pyridine rings is 1. The quantitative estimate of drug-likeness (QED) is 0.694. The maximum Gasteiger partial charge on any atom is 0.241 e. The molecule has 2 heterocycles. The van der Waals surface area contributed by atoms with Crippen LogP contribution < -0.4 is 10.6 Å². The van der Waals surface area contributed by atoms with Crippen LogP contribution >= 0.6 is 15.9 Å². The van der Waals surface area contributed by atoms with E-state index in [1.54, 1.807) is 23.2 Å². The molecule has 2 aromatic rings. The maximum absolute atomic E-state index is 12.5. The molecule has 0 aliphatic carbocycles. The molecule has 0 saturated carbocycles. The largest absolute Gasteiger partial charge is 0.347 e. The van der Waals surface area contributed by atoms with Crippen LogP contribution in [0.5, 0.6) is 0 Å². The van der Waals surface area contributed by atoms with Crippen LogP contribution in [0.1, 0.15) is 18.4 Å². The summed E-state index contributed by atoms with van der Waals surface area (Å²) in [6, 6.07) is 12.9. The normalized spacial score (nSPS) is 16.2. The molecule has 1 saturated heterocycles. The van der Waals surface area contributed by atoms with Crippen molar-refractivity contribution in [3.63, 3.8) is 0 Å². The molecule has 1 unspecified atom stereocenters. The van der Waals surface area contributed by atoms with E-state index in [-0.39, 0.29) is 36.6 Å². The van der Waals surface area contributed by atoms with Gasteiger partial charge in [0.1, 0.15) is 5.82 Å². The second-order valence-corrected chi connectivity index (χ2v) is 7.88. The molecule has 152 valence electrons. The molecular formula is C21H23BrN4O3. The van der Waals surface area contributed by atoms with Crippen molar-refractivity contribution in [2.45, 2.75) is 19.3 Å². The van der Waals surface area contributed by atoms with Gasteiger partial charge in [-0.05, 0) is 46.5 Å². The number of benzene rings is 1. The first-order valence-corrected chi connectivity index (χ1v) is 10.3. The third-order valence-electron chi connectivity index (χ3n) is 4.77. The van der Waals surface area contributed by atoms with Crippen LogP contribution in [0.15, 0.2) is 53.1 Å². The van der Waals surface area contributed by atoms with Gasteiger partial charge in [0, 0.05) is 23.8 Å². The fourth-order valence-electron chi connectivity index (χ4n) is 3.23. The van der Waals surface area contributed by atoms with Crippen LogP contribution in [0.4, 0.5) is 5.82 Å². The van der Waals surface area contributed by atoms with Crippen LogP contribution in [-0.2, 0) is 20.8 Å². The average Bonchev–Trinajstić information content (AvgIpc) is 2.74. The monoisotopic (exact) mass is 458 g/mol. The molecule has 3 amide bonds. The fourth-order valence-corrected chi connectivity index (χ4v) is 3.46. The highest BCUT2D eigenvalue weighted by Gasteiger charge is 2.28. The summed E-state index contributed by atoms with van der Waals surface area (Å²) >= 11 is 3.31. The minimum atomic E-state index is -0.293. The van der Waals surface area contributed by atoms with Gasteiger partial charge in [-0.15, -0.1) is 0 Å². The topological polar surface area (TPSA) is 91.4 Å². The Hall–Kier alpha value is -2.74. The van der Waals surface area contributed by atoms with Gasteiger partial charge in [0.2, 0.25) is 17.7 Å². The molecule has 0 spiro atoms. The third kappa shape index (κ3) is 6.39. The number of carbonyl (C=O) groups excluding carboxylic acids is 3. The van der Waals surface area contributed by atoms with E-state index < -0.39 is 0 Å². The van der Waals surface area contributed by atoms with Crippen molar-refractivity contribution in [2.24, 2.45) is 5.92 Å². The number of hydrogen-bond acceptors (Lipinski definition) is 4. The SMILES string of the molecule is O=C(Cc1ccccc1)NCC(=O)N1CCCC(C(=O)Nc2ccc(Br)cn2)C1. The van der Waals surface area contributed by atoms with Gasteiger partial charge >= 0.3 is 0 Å². The average molecular weight is 459 g/mol. The zero-order valence-corrected chi connectivity index (χ0v) is 17.5. The zero-order chi connectivity index (χ0) is 20.6. The van der Waals surface area contributed by atoms with Gasteiger partial charge in [-0.3, -0.25) is 14.4 Å². The van der Waals surface area contributed by atoms with E-state index in [0.717, 1.165) is 16.5 Å². The Labute approximate surface area is 178 Å². The Morgan fingerprint density at radius 3 is 2.66 bits per heavy atom. The molecule has 2 N–H and O–H groups in total. The van der Waals surface area contributed by atoms with Gasteiger partial charge in [0.25, 0.3) is 0 Å². The lowest BCUT2D eigenvalue weighted by Crippen LogP contribution is -2.47. The van der Waals surface area contributed by atoms with Crippen molar-refractivity contribution < 1.29 is 14.4 Å². The van der Waals surface area contributed by atoms with E-state index in [1.807, 2.05) is 30.3 Å². The molecule has 3 rings (SSSR count). The Balaban J connectivity index is 1.46. The number of amides is 3. The second-order valence-electron chi connectivity index (χ2n) is 6.97. The number of halogens is 1. The lowest BCUT2D eigenvalue weighted by Gasteiger charge is -2.32. The molecule has 1 fully saturated rings. The van der Waals surface area contributed by atoms with E-state index in [9.17, 15) is 14.4 Å². The molecule has 8 heteroatoms. The molecule has 0 bridgehead atoms. The van der Waals surface area contributed by atoms with E-state index in [2.05, 4.69) is 31.5 Å². The van der Waals surface area contributed by atoms with E-state index >= 15 is 0 Å². The summed E-state index contributed by atoms with van der Waals surface area (Å²) in [5.41, 5.74) is 0.897. The molecule has 1 aromatic heterocycles. The van der Waals surface area contributed by atoms with Crippen molar-refractivity contribution in [3.05, 3.63) is 58.7 Å². The zero-order valence-electron chi connectivity index (χ0n) is 15.9. The van der Waals surface area contributed by atoms with Gasteiger partial charge in [-0.1, -0.05) is 30.3 Å². The molecule has 7 nitrogen and oxygen atoms in total. The molecule has 1 aromatic carbocycles. The summed E-state index contributed by atoms with van der Waals surface area (Å²) in [5, 5.41) is 5.47. The van der Waals surface area contributed by atoms with Gasteiger partial charge < -0.3 is 15.5 Å². The number of carbonyl (C=O) groups is 3. The number of likely N-dealkylation sites (tertiary alicyclic amines) is 1. The summed E-state index contributed by atoms with van der Waals surface area (Å²) in [6.45, 7) is 0.873. The van der Waals surface area contributed by atoms with E-state index in [1.165, 1.54) is 0 Å². The molecule has 1 aliphatic heterocycles. The first kappa shape index (κ1) is 21.0. The standard InChI is InChI=1S/C21H23BrN4O3/c22-17-8-9-18(23-12-17)25-21(29)16-7-4-10-26(14-16)20(28)13-24-19(27)11-15-5-2-1-3-6-15/h1-3,5-6,8-9,12,16H,4,7,10-11,13-14H2,(H,24,27)(H,23,25,29). The lowest BCUT2D eigenvalue weighted by molar-refractivity contribution is -0.135. The predicted molar refractivity (Wildman–Crippen MR) is 113 cm³/mol. The highest BCUT2D eigenvalue weighted by molar-refractivity contribution is 9.10. The number of nitrogens with one attached hydrogen (secondary N) is 2. The van der Waals surface area contributed by atoms with Crippen molar-refractivity contribution >= 4 is 39.5 Å². The maximum atomic E-state index is 12.5. The van der Waals surface area contributed by atoms with Crippen molar-refractivity contribution in [1.82, 2.24) is 15.2 Å². The number of rotatable bonds is 6. The number of nitrogens with zero attached hydrogens (tertiary/aromatic N) is 2. The second kappa shape index (κ2) is 10.2. The predicted octanol–water partition coefficient (Wildman–Crippen LogP) is 2.38. The molecule has 1 atom stereocenters. The van der Waals surface area contributed by atoms with Crippen LogP contribution in [0.25, 0.3) is 0 Å². The van der Waals surface area contributed by atoms with E-state index in [0.29, 0.717) is 25.3 Å². The molecule has 29 heavy (non-hydrogen) atoms. The molecular weight excluding hydrogens is 436 g/mol. The Kier molecular flexibility index (Phi) is 7.35. The molecule has 1 aliphatic rings. The minimum Gasteiger partial charge on any atom is -0.347 e. The lowest BCUT2D eigenvalue weighted by atomic mass is 9.97. The van der Waals surface area contributed by atoms with Crippen LogP contribution in [0.2, 0.25) is 0 Å². The van der Waals surface area contributed by atoms with Crippen molar-refractivity contribution in [3.8, 4) is 0 Å². The highest BCUT2D eigenvalue weighted by Crippen LogP contribution is 2.19. The van der Waals surface area contributed by atoms with Crippen molar-refractivity contribution in [1.29, 1.82) is 0 Å². The number of anilines is 1. The number of aromatic nitrogens is 1. The highest BCUT2D eigenvalue weighted by atomic mass is 79.9. The minimum absolute atomic E-state index is 0.0612. The Bertz CT molecular complexity index is 858. The smallest absolute Gasteiger partial charge is 0.241 e. The van der Waals surface area contributed by atoms with Crippen LogP contribution in [0.3, 0.4) is 0 Å². The Morgan fingerprint density at radius 1 is 1.14 bits per heavy atom. The van der Waals surface area contributed by atoms with Gasteiger partial charge in [0.05, 0.1) is 18.9 Å². The summed E-state index contributed by atoms with van der Waals surface area (Å²) in [4.78, 5) is 42.8. The van der Waals surface area contributed by atoms with Crippen LogP contribution in [0, 0.1) is 5.92 Å². The molecule has 0 radical (unpaired) electrons. The van der Waals surface area contributed by atoms with Gasteiger partial charge in [-0.2, -0.15) is 0 Å². The Morgan fingerprint density at radius 2 is 1.93 bits per heavy atom. The summed E-state index contributed by atoms with van der Waals surface area (Å²) in [6.07, 6.45) is 3.31. The number of piperidine rings is 1. The number of hydrogen-bond donors (Lipinski definition) is 2. The summed E-state index contributed by atoms with van der Waals surface area (Å²) < 4.78 is 0.833. The van der Waals surface area contributed by atoms with Crippen LogP contribution in [-0.4, -0.2) is 47.2 Å². The summed E-state index contributed by atoms with van der Waals surface area (Å²) in [7, 11) is 0.